The van der Waals surface area contributed by atoms with E-state index in [2.05, 4.69) is 50.7 Å². The van der Waals surface area contributed by atoms with Crippen LogP contribution in [-0.2, 0) is 6.42 Å². The molecule has 3 rings (SSSR count). The van der Waals surface area contributed by atoms with E-state index in [0.717, 1.165) is 48.0 Å². The molecule has 0 saturated carbocycles. The minimum atomic E-state index is 0.531. The highest BCUT2D eigenvalue weighted by molar-refractivity contribution is 9.10. The number of piperidine rings is 1. The third-order valence-electron chi connectivity index (χ3n) is 3.83. The summed E-state index contributed by atoms with van der Waals surface area (Å²) in [5, 5.41) is 3.43. The lowest BCUT2D eigenvalue weighted by atomic mass is 10.1. The van der Waals surface area contributed by atoms with Gasteiger partial charge in [-0.2, -0.15) is 0 Å². The highest BCUT2D eigenvalue weighted by Gasteiger charge is 2.22. The first kappa shape index (κ1) is 14.0. The van der Waals surface area contributed by atoms with Crippen molar-refractivity contribution in [1.29, 1.82) is 0 Å². The molecule has 5 heteroatoms. The monoisotopic (exact) mass is 336 g/mol. The van der Waals surface area contributed by atoms with Crippen molar-refractivity contribution in [3.8, 4) is 0 Å². The number of halogens is 1. The summed E-state index contributed by atoms with van der Waals surface area (Å²) in [7, 11) is 0. The van der Waals surface area contributed by atoms with E-state index in [1.54, 1.807) is 0 Å². The molecule has 108 valence electrons. The number of hydrogen-bond acceptors (Lipinski definition) is 3. The normalized spacial score (nSPS) is 17.2. The maximum absolute atomic E-state index is 4.84. The summed E-state index contributed by atoms with van der Waals surface area (Å²) in [6.07, 6.45) is 5.21. The number of imidazole rings is 1. The van der Waals surface area contributed by atoms with Gasteiger partial charge in [0, 0.05) is 23.1 Å². The SMILES string of the molecule is CC(C)Cc1nc2cc(Br)cnc2n1C1CCNCC1. The van der Waals surface area contributed by atoms with Gasteiger partial charge in [0.1, 0.15) is 11.3 Å². The minimum Gasteiger partial charge on any atom is -0.317 e. The topological polar surface area (TPSA) is 42.7 Å². The number of aromatic nitrogens is 3. The number of fused-ring (bicyclic) bond motifs is 1. The van der Waals surface area contributed by atoms with E-state index in [0.29, 0.717) is 12.0 Å². The van der Waals surface area contributed by atoms with Gasteiger partial charge in [-0.25, -0.2) is 9.97 Å². The fraction of sp³-hybridized carbons (Fsp3) is 0.600. The van der Waals surface area contributed by atoms with Crippen LogP contribution in [0.5, 0.6) is 0 Å². The number of rotatable bonds is 3. The van der Waals surface area contributed by atoms with Gasteiger partial charge in [0.2, 0.25) is 0 Å². The highest BCUT2D eigenvalue weighted by atomic mass is 79.9. The predicted molar refractivity (Wildman–Crippen MR) is 84.9 cm³/mol. The lowest BCUT2D eigenvalue weighted by Gasteiger charge is -2.26. The van der Waals surface area contributed by atoms with Crippen molar-refractivity contribution < 1.29 is 0 Å². The van der Waals surface area contributed by atoms with Crippen LogP contribution in [0.1, 0.15) is 38.6 Å². The van der Waals surface area contributed by atoms with Crippen LogP contribution in [0.2, 0.25) is 0 Å². The Labute approximate surface area is 128 Å². The molecular weight excluding hydrogens is 316 g/mol. The molecule has 0 unspecified atom stereocenters. The molecule has 1 saturated heterocycles. The van der Waals surface area contributed by atoms with Gasteiger partial charge in [0.15, 0.2) is 5.65 Å². The smallest absolute Gasteiger partial charge is 0.160 e. The quantitative estimate of drug-likeness (QED) is 0.934. The van der Waals surface area contributed by atoms with Crippen molar-refractivity contribution in [3.05, 3.63) is 22.6 Å². The zero-order valence-corrected chi connectivity index (χ0v) is 13.7. The molecule has 1 N–H and O–H groups in total. The van der Waals surface area contributed by atoms with Crippen molar-refractivity contribution in [2.75, 3.05) is 13.1 Å². The Balaban J connectivity index is 2.09. The molecule has 0 bridgehead atoms. The maximum atomic E-state index is 4.84. The van der Waals surface area contributed by atoms with E-state index >= 15 is 0 Å². The summed E-state index contributed by atoms with van der Waals surface area (Å²) in [6.45, 7) is 6.66. The maximum Gasteiger partial charge on any atom is 0.160 e. The van der Waals surface area contributed by atoms with Crippen molar-refractivity contribution in [2.45, 2.75) is 39.2 Å². The number of pyridine rings is 1. The van der Waals surface area contributed by atoms with Crippen molar-refractivity contribution in [1.82, 2.24) is 19.9 Å². The Hall–Kier alpha value is -0.940. The summed E-state index contributed by atoms with van der Waals surface area (Å²) < 4.78 is 3.39. The summed E-state index contributed by atoms with van der Waals surface area (Å²) in [4.78, 5) is 9.46. The van der Waals surface area contributed by atoms with Gasteiger partial charge >= 0.3 is 0 Å². The Morgan fingerprint density at radius 1 is 1.40 bits per heavy atom. The first-order valence-corrected chi connectivity index (χ1v) is 8.17. The summed E-state index contributed by atoms with van der Waals surface area (Å²) in [6, 6.07) is 2.60. The zero-order valence-electron chi connectivity index (χ0n) is 12.1. The average molecular weight is 337 g/mol. The first-order valence-electron chi connectivity index (χ1n) is 7.38. The van der Waals surface area contributed by atoms with Crippen LogP contribution >= 0.6 is 15.9 Å². The summed E-state index contributed by atoms with van der Waals surface area (Å²) in [5.74, 6) is 1.79. The predicted octanol–water partition coefficient (Wildman–Crippen LogP) is 3.32. The van der Waals surface area contributed by atoms with Gasteiger partial charge in [-0.1, -0.05) is 13.8 Å². The Morgan fingerprint density at radius 3 is 2.85 bits per heavy atom. The van der Waals surface area contributed by atoms with Crippen LogP contribution in [0.3, 0.4) is 0 Å². The largest absolute Gasteiger partial charge is 0.317 e. The lowest BCUT2D eigenvalue weighted by molar-refractivity contribution is 0.362. The number of nitrogens with zero attached hydrogens (tertiary/aromatic N) is 3. The lowest BCUT2D eigenvalue weighted by Crippen LogP contribution is -2.30. The van der Waals surface area contributed by atoms with Crippen LogP contribution in [-0.4, -0.2) is 27.6 Å². The highest BCUT2D eigenvalue weighted by Crippen LogP contribution is 2.28. The van der Waals surface area contributed by atoms with Crippen LogP contribution < -0.4 is 5.32 Å². The van der Waals surface area contributed by atoms with E-state index in [4.69, 9.17) is 4.98 Å². The zero-order chi connectivity index (χ0) is 14.1. The van der Waals surface area contributed by atoms with Crippen molar-refractivity contribution in [3.63, 3.8) is 0 Å². The van der Waals surface area contributed by atoms with Gasteiger partial charge in [-0.05, 0) is 53.8 Å². The van der Waals surface area contributed by atoms with Gasteiger partial charge in [-0.3, -0.25) is 0 Å². The minimum absolute atomic E-state index is 0.531. The van der Waals surface area contributed by atoms with Crippen LogP contribution in [0.25, 0.3) is 11.2 Å². The molecule has 1 aliphatic heterocycles. The van der Waals surface area contributed by atoms with E-state index in [-0.39, 0.29) is 0 Å². The van der Waals surface area contributed by atoms with E-state index in [9.17, 15) is 0 Å². The first-order chi connectivity index (χ1) is 9.65. The van der Waals surface area contributed by atoms with Crippen molar-refractivity contribution >= 4 is 27.1 Å². The van der Waals surface area contributed by atoms with E-state index in [1.165, 1.54) is 5.82 Å². The second-order valence-electron chi connectivity index (χ2n) is 5.97. The fourth-order valence-corrected chi connectivity index (χ4v) is 3.28. The molecule has 1 fully saturated rings. The molecule has 0 aromatic carbocycles. The molecular formula is C15H21BrN4. The summed E-state index contributed by atoms with van der Waals surface area (Å²) in [5.41, 5.74) is 2.05. The van der Waals surface area contributed by atoms with E-state index < -0.39 is 0 Å². The molecule has 2 aromatic rings. The van der Waals surface area contributed by atoms with Crippen LogP contribution in [0.4, 0.5) is 0 Å². The molecule has 0 radical (unpaired) electrons. The third-order valence-corrected chi connectivity index (χ3v) is 4.27. The molecule has 0 atom stereocenters. The molecule has 1 aliphatic rings. The number of hydrogen-bond donors (Lipinski definition) is 1. The van der Waals surface area contributed by atoms with Crippen LogP contribution in [0, 0.1) is 5.92 Å². The number of nitrogens with one attached hydrogen (secondary N) is 1. The molecule has 20 heavy (non-hydrogen) atoms. The van der Waals surface area contributed by atoms with Gasteiger partial charge in [-0.15, -0.1) is 0 Å². The Kier molecular flexibility index (Phi) is 4.08. The molecule has 0 amide bonds. The second-order valence-corrected chi connectivity index (χ2v) is 6.89. The van der Waals surface area contributed by atoms with E-state index in [1.807, 2.05) is 6.20 Å². The second kappa shape index (κ2) is 5.82. The van der Waals surface area contributed by atoms with Crippen LogP contribution in [0.15, 0.2) is 16.7 Å². The third kappa shape index (κ3) is 2.74. The Morgan fingerprint density at radius 2 is 2.15 bits per heavy atom. The van der Waals surface area contributed by atoms with Gasteiger partial charge in [0.05, 0.1) is 0 Å². The standard InChI is InChI=1S/C15H21BrN4/c1-10(2)7-14-19-13-8-11(16)9-18-15(13)20(14)12-3-5-17-6-4-12/h8-10,12,17H,3-7H2,1-2H3. The molecule has 2 aromatic heterocycles. The van der Waals surface area contributed by atoms with Gasteiger partial charge < -0.3 is 9.88 Å². The molecule has 0 aliphatic carbocycles. The average Bonchev–Trinajstić information content (AvgIpc) is 2.75. The Bertz CT molecular complexity index is 599. The molecule has 3 heterocycles. The van der Waals surface area contributed by atoms with Crippen molar-refractivity contribution in [2.24, 2.45) is 5.92 Å². The summed E-state index contributed by atoms with van der Waals surface area (Å²) >= 11 is 3.49. The van der Waals surface area contributed by atoms with Gasteiger partial charge in [0.25, 0.3) is 0 Å². The molecule has 0 spiro atoms. The fourth-order valence-electron chi connectivity index (χ4n) is 2.96. The molecule has 4 nitrogen and oxygen atoms in total.